The first-order chi connectivity index (χ1) is 11.2. The number of hydrogen-bond donors (Lipinski definition) is 1. The summed E-state index contributed by atoms with van der Waals surface area (Å²) in [7, 11) is 1.59. The molecule has 1 unspecified atom stereocenters. The van der Waals surface area contributed by atoms with Crippen molar-refractivity contribution < 1.29 is 9.53 Å². The van der Waals surface area contributed by atoms with Crippen molar-refractivity contribution in [2.75, 3.05) is 24.7 Å². The van der Waals surface area contributed by atoms with Gasteiger partial charge in [-0.3, -0.25) is 0 Å². The molecular weight excluding hydrogens is 332 g/mol. The number of carbonyl (C=O) groups is 1. The second-order valence-corrected chi connectivity index (χ2v) is 6.73. The van der Waals surface area contributed by atoms with Crippen LogP contribution in [-0.2, 0) is 0 Å². The molecule has 0 saturated carbocycles. The summed E-state index contributed by atoms with van der Waals surface area (Å²) in [6.45, 7) is 0.697. The number of urea groups is 1. The number of ether oxygens (including phenoxy) is 1. The molecule has 2 aromatic carbocycles. The van der Waals surface area contributed by atoms with Crippen LogP contribution in [0, 0.1) is 0 Å². The Morgan fingerprint density at radius 2 is 2.13 bits per heavy atom. The maximum Gasteiger partial charge on any atom is 0.323 e. The lowest BCUT2D eigenvalue weighted by molar-refractivity contribution is 0.214. The monoisotopic (exact) mass is 348 g/mol. The number of nitrogens with zero attached hydrogens (tertiary/aromatic N) is 1. The van der Waals surface area contributed by atoms with Gasteiger partial charge in [-0.15, -0.1) is 11.8 Å². The van der Waals surface area contributed by atoms with Gasteiger partial charge in [-0.05, 0) is 29.8 Å². The summed E-state index contributed by atoms with van der Waals surface area (Å²) >= 11 is 7.81. The van der Waals surface area contributed by atoms with E-state index in [1.807, 2.05) is 53.4 Å². The molecule has 1 aliphatic heterocycles. The maximum atomic E-state index is 12.7. The van der Waals surface area contributed by atoms with Crippen LogP contribution in [0.1, 0.15) is 10.9 Å². The van der Waals surface area contributed by atoms with E-state index in [1.54, 1.807) is 18.9 Å². The normalized spacial score (nSPS) is 17.1. The lowest BCUT2D eigenvalue weighted by Crippen LogP contribution is -2.34. The molecule has 2 amide bonds. The van der Waals surface area contributed by atoms with Gasteiger partial charge in [0, 0.05) is 17.3 Å². The van der Waals surface area contributed by atoms with Crippen molar-refractivity contribution in [2.24, 2.45) is 0 Å². The Kier molecular flexibility index (Phi) is 4.98. The number of carbonyl (C=O) groups excluding carboxylic acids is 1. The Morgan fingerprint density at radius 1 is 1.30 bits per heavy atom. The molecule has 120 valence electrons. The van der Waals surface area contributed by atoms with Crippen molar-refractivity contribution in [2.45, 2.75) is 5.37 Å². The number of para-hydroxylation sites is 2. The third-order valence-corrected chi connectivity index (χ3v) is 5.13. The van der Waals surface area contributed by atoms with Gasteiger partial charge in [-0.1, -0.05) is 35.9 Å². The second kappa shape index (κ2) is 7.15. The van der Waals surface area contributed by atoms with E-state index in [2.05, 4.69) is 5.32 Å². The predicted molar refractivity (Wildman–Crippen MR) is 95.4 cm³/mol. The number of methoxy groups -OCH3 is 1. The van der Waals surface area contributed by atoms with Crippen molar-refractivity contribution in [3.05, 3.63) is 59.1 Å². The zero-order valence-electron chi connectivity index (χ0n) is 12.7. The SMILES string of the molecule is COc1ccccc1NC(=O)N1CCSC1c1cccc(Cl)c1. The average Bonchev–Trinajstić information content (AvgIpc) is 3.05. The van der Waals surface area contributed by atoms with Crippen LogP contribution in [0.2, 0.25) is 5.02 Å². The molecule has 0 radical (unpaired) electrons. The van der Waals surface area contributed by atoms with Crippen LogP contribution < -0.4 is 10.1 Å². The Morgan fingerprint density at radius 3 is 2.91 bits per heavy atom. The van der Waals surface area contributed by atoms with E-state index >= 15 is 0 Å². The molecule has 23 heavy (non-hydrogen) atoms. The number of amides is 2. The van der Waals surface area contributed by atoms with E-state index in [1.165, 1.54) is 0 Å². The number of hydrogen-bond acceptors (Lipinski definition) is 3. The van der Waals surface area contributed by atoms with E-state index in [9.17, 15) is 4.79 Å². The van der Waals surface area contributed by atoms with Crippen LogP contribution in [0.25, 0.3) is 0 Å². The van der Waals surface area contributed by atoms with E-state index in [0.717, 1.165) is 11.3 Å². The Hall–Kier alpha value is -1.85. The van der Waals surface area contributed by atoms with Gasteiger partial charge in [0.1, 0.15) is 11.1 Å². The van der Waals surface area contributed by atoms with Crippen LogP contribution in [0.5, 0.6) is 5.75 Å². The molecule has 2 aromatic rings. The average molecular weight is 349 g/mol. The summed E-state index contributed by atoms with van der Waals surface area (Å²) in [6.07, 6.45) is 0. The van der Waals surface area contributed by atoms with Gasteiger partial charge in [0.2, 0.25) is 0 Å². The van der Waals surface area contributed by atoms with Gasteiger partial charge in [0.15, 0.2) is 0 Å². The second-order valence-electron chi connectivity index (χ2n) is 5.10. The number of benzene rings is 2. The fourth-order valence-electron chi connectivity index (χ4n) is 2.55. The molecule has 1 atom stereocenters. The summed E-state index contributed by atoms with van der Waals surface area (Å²) in [6, 6.07) is 14.9. The van der Waals surface area contributed by atoms with Gasteiger partial charge in [0.25, 0.3) is 0 Å². The molecule has 4 nitrogen and oxygen atoms in total. The maximum absolute atomic E-state index is 12.7. The van der Waals surface area contributed by atoms with Crippen molar-refractivity contribution in [1.29, 1.82) is 0 Å². The minimum Gasteiger partial charge on any atom is -0.495 e. The fraction of sp³-hybridized carbons (Fsp3) is 0.235. The van der Waals surface area contributed by atoms with Gasteiger partial charge >= 0.3 is 6.03 Å². The molecule has 0 aromatic heterocycles. The van der Waals surface area contributed by atoms with Crippen molar-refractivity contribution >= 4 is 35.1 Å². The third kappa shape index (κ3) is 3.57. The van der Waals surface area contributed by atoms with Crippen LogP contribution in [0.4, 0.5) is 10.5 Å². The molecule has 0 spiro atoms. The first kappa shape index (κ1) is 16.0. The van der Waals surface area contributed by atoms with Crippen molar-refractivity contribution in [1.82, 2.24) is 4.90 Å². The molecule has 1 fully saturated rings. The molecular formula is C17H17ClN2O2S. The van der Waals surface area contributed by atoms with Crippen LogP contribution in [0.3, 0.4) is 0 Å². The summed E-state index contributed by atoms with van der Waals surface area (Å²) in [4.78, 5) is 14.5. The molecule has 1 heterocycles. The van der Waals surface area contributed by atoms with E-state index in [-0.39, 0.29) is 11.4 Å². The summed E-state index contributed by atoms with van der Waals surface area (Å²) in [5.74, 6) is 1.54. The number of thioether (sulfide) groups is 1. The first-order valence-electron chi connectivity index (χ1n) is 7.27. The lowest BCUT2D eigenvalue weighted by Gasteiger charge is -2.25. The van der Waals surface area contributed by atoms with E-state index < -0.39 is 0 Å². The molecule has 1 saturated heterocycles. The van der Waals surface area contributed by atoms with Gasteiger partial charge in [0.05, 0.1) is 12.8 Å². The van der Waals surface area contributed by atoms with E-state index in [4.69, 9.17) is 16.3 Å². The predicted octanol–water partition coefficient (Wildman–Crippen LogP) is 4.63. The quantitative estimate of drug-likeness (QED) is 0.879. The Balaban J connectivity index is 1.78. The van der Waals surface area contributed by atoms with Crippen LogP contribution in [0.15, 0.2) is 48.5 Å². The zero-order valence-corrected chi connectivity index (χ0v) is 14.2. The summed E-state index contributed by atoms with van der Waals surface area (Å²) in [5.41, 5.74) is 1.71. The van der Waals surface area contributed by atoms with Crippen molar-refractivity contribution in [3.63, 3.8) is 0 Å². The third-order valence-electron chi connectivity index (χ3n) is 3.63. The molecule has 6 heteroatoms. The molecule has 3 rings (SSSR count). The highest BCUT2D eigenvalue weighted by atomic mass is 35.5. The number of anilines is 1. The van der Waals surface area contributed by atoms with Gasteiger partial charge < -0.3 is 15.0 Å². The first-order valence-corrected chi connectivity index (χ1v) is 8.69. The number of rotatable bonds is 3. The summed E-state index contributed by atoms with van der Waals surface area (Å²) < 4.78 is 5.28. The lowest BCUT2D eigenvalue weighted by atomic mass is 10.2. The number of halogens is 1. The van der Waals surface area contributed by atoms with Gasteiger partial charge in [-0.25, -0.2) is 4.79 Å². The highest BCUT2D eigenvalue weighted by molar-refractivity contribution is 7.99. The minimum atomic E-state index is -0.135. The number of nitrogens with one attached hydrogen (secondary N) is 1. The molecule has 0 bridgehead atoms. The van der Waals surface area contributed by atoms with Gasteiger partial charge in [-0.2, -0.15) is 0 Å². The topological polar surface area (TPSA) is 41.6 Å². The minimum absolute atomic E-state index is 0.0246. The van der Waals surface area contributed by atoms with E-state index in [0.29, 0.717) is 23.0 Å². The molecule has 0 aliphatic carbocycles. The fourth-order valence-corrected chi connectivity index (χ4v) is 3.99. The summed E-state index contributed by atoms with van der Waals surface area (Å²) in [5, 5.41) is 3.59. The Bertz CT molecular complexity index is 710. The standard InChI is InChI=1S/C17H17ClN2O2S/c1-22-15-8-3-2-7-14(15)19-17(21)20-9-10-23-16(20)12-5-4-6-13(18)11-12/h2-8,11,16H,9-10H2,1H3,(H,19,21). The highest BCUT2D eigenvalue weighted by Crippen LogP contribution is 2.39. The smallest absolute Gasteiger partial charge is 0.323 e. The molecule has 1 aliphatic rings. The zero-order chi connectivity index (χ0) is 16.2. The highest BCUT2D eigenvalue weighted by Gasteiger charge is 2.31. The van der Waals surface area contributed by atoms with Crippen molar-refractivity contribution in [3.8, 4) is 5.75 Å². The molecule has 1 N–H and O–H groups in total. The van der Waals surface area contributed by atoms with Crippen LogP contribution in [-0.4, -0.2) is 30.3 Å². The largest absolute Gasteiger partial charge is 0.495 e. The van der Waals surface area contributed by atoms with Crippen LogP contribution >= 0.6 is 23.4 Å². The Labute approximate surface area is 144 Å².